The molecule has 1 aliphatic heterocycles. The highest BCUT2D eigenvalue weighted by Gasteiger charge is 2.22. The van der Waals surface area contributed by atoms with Crippen LogP contribution < -0.4 is 10.1 Å². The van der Waals surface area contributed by atoms with Crippen LogP contribution in [0.2, 0.25) is 0 Å². The average Bonchev–Trinajstić information content (AvgIpc) is 3.15. The quantitative estimate of drug-likeness (QED) is 0.371. The van der Waals surface area contributed by atoms with Crippen LogP contribution in [0.1, 0.15) is 29.7 Å². The van der Waals surface area contributed by atoms with Gasteiger partial charge in [-0.25, -0.2) is 4.98 Å². The fourth-order valence-corrected chi connectivity index (χ4v) is 3.98. The van der Waals surface area contributed by atoms with E-state index in [0.717, 1.165) is 57.0 Å². The number of aliphatic imine (C=N–C) groups is 1. The third kappa shape index (κ3) is 6.64. The first-order valence-electron chi connectivity index (χ1n) is 9.39. The fourth-order valence-electron chi connectivity index (χ4n) is 3.12. The number of thiazole rings is 1. The Labute approximate surface area is 183 Å². The molecule has 1 saturated heterocycles. The Hall–Kier alpha value is -1.35. The molecule has 1 aromatic heterocycles. The fraction of sp³-hybridized carbons (Fsp3) is 0.500. The van der Waals surface area contributed by atoms with E-state index in [1.54, 1.807) is 0 Å². The molecule has 1 fully saturated rings. The van der Waals surface area contributed by atoms with Gasteiger partial charge in [0.15, 0.2) is 5.96 Å². The van der Waals surface area contributed by atoms with E-state index < -0.39 is 0 Å². The number of nitrogens with one attached hydrogen (secondary N) is 1. The molecule has 0 aliphatic carbocycles. The van der Waals surface area contributed by atoms with Crippen LogP contribution in [0, 0.1) is 0 Å². The highest BCUT2D eigenvalue weighted by molar-refractivity contribution is 14.0. The van der Waals surface area contributed by atoms with E-state index in [2.05, 4.69) is 27.1 Å². The number of benzene rings is 1. The van der Waals surface area contributed by atoms with Gasteiger partial charge in [0, 0.05) is 57.0 Å². The number of likely N-dealkylation sites (tertiary alicyclic amines) is 1. The lowest BCUT2D eigenvalue weighted by Crippen LogP contribution is -2.47. The topological polar surface area (TPSA) is 49.8 Å². The summed E-state index contributed by atoms with van der Waals surface area (Å²) in [6.07, 6.45) is 6.31. The van der Waals surface area contributed by atoms with Crippen LogP contribution in [0.25, 0.3) is 0 Å². The highest BCUT2D eigenvalue weighted by Crippen LogP contribution is 2.19. The Kier molecular flexibility index (Phi) is 9.33. The average molecular weight is 500 g/mol. The number of nitrogens with zero attached hydrogens (tertiary/aromatic N) is 3. The minimum atomic E-state index is 0. The van der Waals surface area contributed by atoms with Gasteiger partial charge >= 0.3 is 0 Å². The lowest BCUT2D eigenvalue weighted by Gasteiger charge is -2.34. The van der Waals surface area contributed by atoms with Crippen LogP contribution in [0.3, 0.4) is 0 Å². The summed E-state index contributed by atoms with van der Waals surface area (Å²) in [4.78, 5) is 12.6. The normalized spacial score (nSPS) is 15.3. The molecule has 0 spiro atoms. The maximum Gasteiger partial charge on any atom is 0.193 e. The van der Waals surface area contributed by atoms with Gasteiger partial charge in [0.1, 0.15) is 11.9 Å². The summed E-state index contributed by atoms with van der Waals surface area (Å²) in [5, 5.41) is 4.68. The molecule has 2 aromatic rings. The second-order valence-electron chi connectivity index (χ2n) is 6.42. The molecule has 3 rings (SSSR count). The lowest BCUT2D eigenvalue weighted by molar-refractivity contribution is 0.129. The van der Waals surface area contributed by atoms with Crippen molar-refractivity contribution in [2.45, 2.75) is 38.7 Å². The number of halogens is 1. The number of hydrogen-bond acceptors (Lipinski definition) is 4. The molecule has 1 aliphatic rings. The maximum absolute atomic E-state index is 6.08. The lowest BCUT2D eigenvalue weighted by atomic mass is 10.1. The molecular formula is C20H29IN4OS. The standard InChI is InChI=1S/C20H28N4OS.HI/c1-3-18-15-23-19(26-18)9-12-22-20(21-2)24-13-10-17(11-14-24)25-16-7-5-4-6-8-16;/h4-8,15,17H,3,9-14H2,1-2H3,(H,21,22);1H. The second-order valence-corrected chi connectivity index (χ2v) is 7.61. The first-order chi connectivity index (χ1) is 12.8. The molecule has 0 amide bonds. The molecular weight excluding hydrogens is 471 g/mol. The Morgan fingerprint density at radius 3 is 2.67 bits per heavy atom. The molecule has 7 heteroatoms. The predicted molar refractivity (Wildman–Crippen MR) is 124 cm³/mol. The van der Waals surface area contributed by atoms with Crippen molar-refractivity contribution in [1.29, 1.82) is 0 Å². The molecule has 0 atom stereocenters. The van der Waals surface area contributed by atoms with Crippen molar-refractivity contribution in [2.75, 3.05) is 26.7 Å². The van der Waals surface area contributed by atoms with E-state index >= 15 is 0 Å². The van der Waals surface area contributed by atoms with Crippen LogP contribution in [0.15, 0.2) is 41.5 Å². The van der Waals surface area contributed by atoms with Crippen LogP contribution in [-0.4, -0.2) is 48.6 Å². The molecule has 148 valence electrons. The molecule has 0 bridgehead atoms. The number of aryl methyl sites for hydroxylation is 1. The van der Waals surface area contributed by atoms with Gasteiger partial charge in [-0.05, 0) is 18.6 Å². The van der Waals surface area contributed by atoms with E-state index in [0.29, 0.717) is 0 Å². The molecule has 0 radical (unpaired) electrons. The molecule has 1 N–H and O–H groups in total. The van der Waals surface area contributed by atoms with Gasteiger partial charge in [0.05, 0.1) is 5.01 Å². The summed E-state index contributed by atoms with van der Waals surface area (Å²) < 4.78 is 6.08. The van der Waals surface area contributed by atoms with Crippen LogP contribution in [-0.2, 0) is 12.8 Å². The SMILES string of the molecule is CCc1cnc(CCNC(=NC)N2CCC(Oc3ccccc3)CC2)s1.I. The van der Waals surface area contributed by atoms with Crippen molar-refractivity contribution in [3.05, 3.63) is 46.4 Å². The van der Waals surface area contributed by atoms with Gasteiger partial charge in [-0.1, -0.05) is 25.1 Å². The van der Waals surface area contributed by atoms with E-state index in [-0.39, 0.29) is 30.1 Å². The molecule has 1 aromatic carbocycles. The summed E-state index contributed by atoms with van der Waals surface area (Å²) in [6.45, 7) is 4.97. The number of guanidine groups is 1. The third-order valence-corrected chi connectivity index (χ3v) is 5.77. The van der Waals surface area contributed by atoms with Gasteiger partial charge in [-0.2, -0.15) is 0 Å². The highest BCUT2D eigenvalue weighted by atomic mass is 127. The zero-order chi connectivity index (χ0) is 18.2. The van der Waals surface area contributed by atoms with Gasteiger partial charge < -0.3 is 15.0 Å². The van der Waals surface area contributed by atoms with Crippen molar-refractivity contribution >= 4 is 41.3 Å². The van der Waals surface area contributed by atoms with E-state index in [4.69, 9.17) is 4.74 Å². The van der Waals surface area contributed by atoms with E-state index in [9.17, 15) is 0 Å². The van der Waals surface area contributed by atoms with Gasteiger partial charge in [0.25, 0.3) is 0 Å². The zero-order valence-corrected chi connectivity index (χ0v) is 19.2. The Balaban J connectivity index is 0.00000261. The van der Waals surface area contributed by atoms with E-state index in [1.165, 1.54) is 9.88 Å². The van der Waals surface area contributed by atoms with Crippen molar-refractivity contribution in [3.8, 4) is 5.75 Å². The van der Waals surface area contributed by atoms with Crippen molar-refractivity contribution in [2.24, 2.45) is 4.99 Å². The van der Waals surface area contributed by atoms with Gasteiger partial charge in [0.2, 0.25) is 0 Å². The third-order valence-electron chi connectivity index (χ3n) is 4.57. The summed E-state index contributed by atoms with van der Waals surface area (Å²) in [5.74, 6) is 1.94. The van der Waals surface area contributed by atoms with Gasteiger partial charge in [-0.15, -0.1) is 35.3 Å². The number of hydrogen-bond donors (Lipinski definition) is 1. The first-order valence-corrected chi connectivity index (χ1v) is 10.2. The van der Waals surface area contributed by atoms with Crippen LogP contribution >= 0.6 is 35.3 Å². The maximum atomic E-state index is 6.08. The summed E-state index contributed by atoms with van der Waals surface area (Å²) >= 11 is 1.81. The summed E-state index contributed by atoms with van der Waals surface area (Å²) in [7, 11) is 1.85. The first kappa shape index (κ1) is 21.9. The van der Waals surface area contributed by atoms with Crippen LogP contribution in [0.5, 0.6) is 5.75 Å². The Bertz CT molecular complexity index is 699. The van der Waals surface area contributed by atoms with Crippen molar-refractivity contribution < 1.29 is 4.74 Å². The largest absolute Gasteiger partial charge is 0.490 e. The number of para-hydroxylation sites is 1. The molecule has 0 unspecified atom stereocenters. The Morgan fingerprint density at radius 2 is 2.04 bits per heavy atom. The van der Waals surface area contributed by atoms with Crippen molar-refractivity contribution in [3.63, 3.8) is 0 Å². The minimum absolute atomic E-state index is 0. The monoisotopic (exact) mass is 500 g/mol. The van der Waals surface area contributed by atoms with Crippen LogP contribution in [0.4, 0.5) is 0 Å². The number of aromatic nitrogens is 1. The zero-order valence-electron chi connectivity index (χ0n) is 16.1. The molecule has 5 nitrogen and oxygen atoms in total. The van der Waals surface area contributed by atoms with Gasteiger partial charge in [-0.3, -0.25) is 4.99 Å². The number of rotatable bonds is 6. The molecule has 2 heterocycles. The predicted octanol–water partition coefficient (Wildman–Crippen LogP) is 3.98. The summed E-state index contributed by atoms with van der Waals surface area (Å²) in [5.41, 5.74) is 0. The smallest absolute Gasteiger partial charge is 0.193 e. The van der Waals surface area contributed by atoms with Crippen molar-refractivity contribution in [1.82, 2.24) is 15.2 Å². The molecule has 27 heavy (non-hydrogen) atoms. The number of ether oxygens (including phenoxy) is 1. The van der Waals surface area contributed by atoms with E-state index in [1.807, 2.05) is 54.9 Å². The Morgan fingerprint density at radius 1 is 1.30 bits per heavy atom. The molecule has 0 saturated carbocycles. The summed E-state index contributed by atoms with van der Waals surface area (Å²) in [6, 6.07) is 10.1. The second kappa shape index (κ2) is 11.5. The number of piperidine rings is 1. The minimum Gasteiger partial charge on any atom is -0.490 e.